The summed E-state index contributed by atoms with van der Waals surface area (Å²) in [6.45, 7) is 5.01. The van der Waals surface area contributed by atoms with E-state index in [9.17, 15) is 13.6 Å². The summed E-state index contributed by atoms with van der Waals surface area (Å²) in [7, 11) is 0. The average Bonchev–Trinajstić information content (AvgIpc) is 3.37. The van der Waals surface area contributed by atoms with Crippen LogP contribution >= 0.6 is 0 Å². The molecule has 8 nitrogen and oxygen atoms in total. The third-order valence-electron chi connectivity index (χ3n) is 6.63. The first-order valence-electron chi connectivity index (χ1n) is 12.4. The van der Waals surface area contributed by atoms with E-state index in [-0.39, 0.29) is 17.4 Å². The molecule has 2 aromatic carbocycles. The quantitative estimate of drug-likeness (QED) is 0.339. The van der Waals surface area contributed by atoms with Crippen LogP contribution in [0, 0.1) is 0 Å². The molecule has 1 N–H and O–H groups in total. The molecule has 192 valence electrons. The van der Waals surface area contributed by atoms with Crippen LogP contribution in [0.5, 0.6) is 0 Å². The number of piperazine rings is 1. The van der Waals surface area contributed by atoms with Crippen molar-refractivity contribution in [3.8, 4) is 0 Å². The number of nitrogens with zero attached hydrogens (tertiary/aromatic N) is 3. The molecule has 2 aromatic heterocycles. The number of para-hydroxylation sites is 1. The van der Waals surface area contributed by atoms with Crippen LogP contribution < -0.4 is 10.2 Å². The van der Waals surface area contributed by atoms with Crippen molar-refractivity contribution in [1.82, 2.24) is 15.2 Å². The van der Waals surface area contributed by atoms with Crippen LogP contribution in [-0.2, 0) is 29.8 Å². The van der Waals surface area contributed by atoms with Crippen LogP contribution in [0.15, 0.2) is 77.3 Å². The van der Waals surface area contributed by atoms with E-state index in [0.717, 1.165) is 67.1 Å². The summed E-state index contributed by atoms with van der Waals surface area (Å²) >= 11 is -2.12. The summed E-state index contributed by atoms with van der Waals surface area (Å²) < 4.78 is 27.7. The molecular weight excluding hydrogens is 488 g/mol. The third kappa shape index (κ3) is 6.43. The van der Waals surface area contributed by atoms with E-state index in [2.05, 4.69) is 26.2 Å². The zero-order chi connectivity index (χ0) is 25.6. The van der Waals surface area contributed by atoms with Crippen molar-refractivity contribution in [2.45, 2.75) is 18.7 Å². The lowest BCUT2D eigenvalue weighted by Crippen LogP contribution is -2.47. The molecule has 9 heteroatoms. The maximum absolute atomic E-state index is 12.8. The second-order valence-electron chi connectivity index (χ2n) is 9.15. The van der Waals surface area contributed by atoms with Crippen molar-refractivity contribution in [3.63, 3.8) is 0 Å². The molecule has 1 fully saturated rings. The SMILES string of the molecule is O=C(NCc1ccc(CS(=O)[O-])cc1)c1cc2cccc(N3CCN(CCc4ccccn4)CC3)c2o1. The number of carbonyl (C=O) groups is 1. The predicted molar refractivity (Wildman–Crippen MR) is 143 cm³/mol. The summed E-state index contributed by atoms with van der Waals surface area (Å²) in [5.41, 5.74) is 4.44. The number of aromatic nitrogens is 1. The molecule has 1 unspecified atom stereocenters. The third-order valence-corrected chi connectivity index (χ3v) is 7.20. The van der Waals surface area contributed by atoms with Gasteiger partial charge in [0, 0.05) is 68.7 Å². The number of carbonyl (C=O) groups excluding carboxylic acids is 1. The van der Waals surface area contributed by atoms with Crippen molar-refractivity contribution < 1.29 is 18.0 Å². The fraction of sp³-hybridized carbons (Fsp3) is 0.286. The number of anilines is 1. The normalized spacial score (nSPS) is 15.1. The number of rotatable bonds is 9. The van der Waals surface area contributed by atoms with E-state index >= 15 is 0 Å². The van der Waals surface area contributed by atoms with Gasteiger partial charge in [0.25, 0.3) is 5.91 Å². The molecule has 1 saturated heterocycles. The van der Waals surface area contributed by atoms with Crippen molar-refractivity contribution in [2.24, 2.45) is 0 Å². The second kappa shape index (κ2) is 11.7. The standard InChI is InChI=1S/C28H30N4O4S/c33-28(30-19-21-7-9-22(10-8-21)20-37(34)35)26-18-23-4-3-6-25(27(23)36-26)32-16-14-31(15-17-32)13-11-24-5-1-2-12-29-24/h1-10,12,18H,11,13-17,19-20H2,(H,30,33)(H,34,35)/p-1. The largest absolute Gasteiger partial charge is 0.772 e. The van der Waals surface area contributed by atoms with Gasteiger partial charge in [-0.05, 0) is 35.4 Å². The minimum Gasteiger partial charge on any atom is -0.772 e. The molecule has 1 atom stereocenters. The molecule has 5 rings (SSSR count). The molecule has 1 amide bonds. The smallest absolute Gasteiger partial charge is 0.287 e. The summed E-state index contributed by atoms with van der Waals surface area (Å²) in [4.78, 5) is 22.0. The first kappa shape index (κ1) is 25.1. The maximum atomic E-state index is 12.8. The van der Waals surface area contributed by atoms with Gasteiger partial charge in [-0.2, -0.15) is 0 Å². The molecule has 0 bridgehead atoms. The van der Waals surface area contributed by atoms with E-state index in [1.807, 2.05) is 48.7 Å². The number of furan rings is 1. The lowest BCUT2D eigenvalue weighted by molar-refractivity contribution is 0.0925. The summed E-state index contributed by atoms with van der Waals surface area (Å²) in [6.07, 6.45) is 2.78. The maximum Gasteiger partial charge on any atom is 0.287 e. The van der Waals surface area contributed by atoms with E-state index in [1.165, 1.54) is 0 Å². The average molecular weight is 518 g/mol. The van der Waals surface area contributed by atoms with Gasteiger partial charge >= 0.3 is 0 Å². The summed E-state index contributed by atoms with van der Waals surface area (Å²) in [6, 6.07) is 21.0. The Balaban J connectivity index is 1.18. The van der Waals surface area contributed by atoms with Crippen LogP contribution in [0.3, 0.4) is 0 Å². The van der Waals surface area contributed by atoms with Crippen molar-refractivity contribution in [3.05, 3.63) is 95.5 Å². The molecular formula is C28H29N4O4S-. The number of benzene rings is 2. The summed E-state index contributed by atoms with van der Waals surface area (Å²) in [5, 5.41) is 3.79. The molecule has 0 aliphatic carbocycles. The zero-order valence-corrected chi connectivity index (χ0v) is 21.3. The van der Waals surface area contributed by atoms with Crippen molar-refractivity contribution in [1.29, 1.82) is 0 Å². The van der Waals surface area contributed by atoms with E-state index < -0.39 is 11.1 Å². The Kier molecular flexibility index (Phi) is 7.93. The monoisotopic (exact) mass is 517 g/mol. The number of hydrogen-bond donors (Lipinski definition) is 1. The van der Waals surface area contributed by atoms with Gasteiger partial charge in [-0.15, -0.1) is 0 Å². The van der Waals surface area contributed by atoms with Gasteiger partial charge in [0.2, 0.25) is 0 Å². The molecule has 1 aliphatic rings. The first-order chi connectivity index (χ1) is 18.0. The Morgan fingerprint density at radius 1 is 1.00 bits per heavy atom. The van der Waals surface area contributed by atoms with Gasteiger partial charge in [-0.3, -0.25) is 18.9 Å². The molecule has 0 saturated carbocycles. The van der Waals surface area contributed by atoms with Crippen LogP contribution in [0.25, 0.3) is 11.0 Å². The Hall–Kier alpha value is -3.53. The Bertz CT molecular complexity index is 1370. The molecule has 37 heavy (non-hydrogen) atoms. The van der Waals surface area contributed by atoms with Crippen LogP contribution in [-0.4, -0.2) is 57.3 Å². The van der Waals surface area contributed by atoms with Crippen LogP contribution in [0.4, 0.5) is 5.69 Å². The number of amides is 1. The van der Waals surface area contributed by atoms with Crippen LogP contribution in [0.1, 0.15) is 27.4 Å². The molecule has 4 aromatic rings. The highest BCUT2D eigenvalue weighted by atomic mass is 32.2. The lowest BCUT2D eigenvalue weighted by Gasteiger charge is -2.36. The number of hydrogen-bond acceptors (Lipinski definition) is 7. The molecule has 1 aliphatic heterocycles. The predicted octanol–water partition coefficient (Wildman–Crippen LogP) is 3.50. The fourth-order valence-corrected chi connectivity index (χ4v) is 5.06. The van der Waals surface area contributed by atoms with Gasteiger partial charge in [-0.25, -0.2) is 0 Å². The first-order valence-corrected chi connectivity index (χ1v) is 13.6. The van der Waals surface area contributed by atoms with Gasteiger partial charge in [0.05, 0.1) is 5.69 Å². The van der Waals surface area contributed by atoms with Gasteiger partial charge in [0.15, 0.2) is 11.3 Å². The Labute approximate surface area is 218 Å². The molecule has 0 radical (unpaired) electrons. The van der Waals surface area contributed by atoms with E-state index in [4.69, 9.17) is 4.42 Å². The zero-order valence-electron chi connectivity index (χ0n) is 20.5. The highest BCUT2D eigenvalue weighted by molar-refractivity contribution is 7.78. The van der Waals surface area contributed by atoms with Gasteiger partial charge in [-0.1, -0.05) is 53.5 Å². The van der Waals surface area contributed by atoms with E-state index in [0.29, 0.717) is 12.1 Å². The number of pyridine rings is 1. The Morgan fingerprint density at radius 2 is 1.78 bits per heavy atom. The summed E-state index contributed by atoms with van der Waals surface area (Å²) in [5.74, 6) is -0.0326. The van der Waals surface area contributed by atoms with E-state index in [1.54, 1.807) is 18.2 Å². The lowest BCUT2D eigenvalue weighted by atomic mass is 10.1. The molecule has 3 heterocycles. The van der Waals surface area contributed by atoms with Crippen molar-refractivity contribution in [2.75, 3.05) is 37.6 Å². The highest BCUT2D eigenvalue weighted by Crippen LogP contribution is 2.30. The fourth-order valence-electron chi connectivity index (χ4n) is 4.60. The number of fused-ring (bicyclic) bond motifs is 1. The van der Waals surface area contributed by atoms with Crippen molar-refractivity contribution >= 4 is 33.6 Å². The van der Waals surface area contributed by atoms with Gasteiger partial charge in [0.1, 0.15) is 0 Å². The Morgan fingerprint density at radius 3 is 2.51 bits per heavy atom. The van der Waals surface area contributed by atoms with Gasteiger partial charge < -0.3 is 19.2 Å². The van der Waals surface area contributed by atoms with Crippen LogP contribution in [0.2, 0.25) is 0 Å². The minimum absolute atomic E-state index is 0.0197. The molecule has 0 spiro atoms. The number of nitrogens with one attached hydrogen (secondary N) is 1. The minimum atomic E-state index is -2.12. The second-order valence-corrected chi connectivity index (χ2v) is 10.0. The topological polar surface area (TPSA) is 102 Å². The highest BCUT2D eigenvalue weighted by Gasteiger charge is 2.21.